The van der Waals surface area contributed by atoms with Gasteiger partial charge in [0.15, 0.2) is 0 Å². The Bertz CT molecular complexity index is 848. The van der Waals surface area contributed by atoms with Crippen LogP contribution >= 0.6 is 11.6 Å². The zero-order chi connectivity index (χ0) is 18.0. The van der Waals surface area contributed by atoms with Crippen molar-refractivity contribution in [2.24, 2.45) is 5.92 Å². The van der Waals surface area contributed by atoms with E-state index >= 15 is 0 Å². The minimum Gasteiger partial charge on any atom is -0.372 e. The van der Waals surface area contributed by atoms with Crippen molar-refractivity contribution >= 4 is 33.0 Å². The molecule has 1 heterocycles. The van der Waals surface area contributed by atoms with E-state index in [1.807, 2.05) is 12.1 Å². The summed E-state index contributed by atoms with van der Waals surface area (Å²) in [4.78, 5) is 1.86. The van der Waals surface area contributed by atoms with Crippen molar-refractivity contribution in [1.82, 2.24) is 0 Å². The van der Waals surface area contributed by atoms with Crippen LogP contribution in [0.4, 0.5) is 15.8 Å². The van der Waals surface area contributed by atoms with Crippen LogP contribution in [0.3, 0.4) is 0 Å². The van der Waals surface area contributed by atoms with E-state index in [1.165, 1.54) is 6.07 Å². The lowest BCUT2D eigenvalue weighted by Gasteiger charge is -2.32. The van der Waals surface area contributed by atoms with Crippen LogP contribution in [-0.2, 0) is 10.0 Å². The molecule has 7 heteroatoms. The van der Waals surface area contributed by atoms with E-state index in [9.17, 15) is 12.8 Å². The fourth-order valence-corrected chi connectivity index (χ4v) is 4.19. The van der Waals surface area contributed by atoms with E-state index in [1.54, 1.807) is 12.1 Å². The molecule has 1 aliphatic rings. The third kappa shape index (κ3) is 4.25. The van der Waals surface area contributed by atoms with Crippen LogP contribution < -0.4 is 9.62 Å². The summed E-state index contributed by atoms with van der Waals surface area (Å²) in [5.74, 6) is -0.129. The third-order valence-corrected chi connectivity index (χ3v) is 6.10. The van der Waals surface area contributed by atoms with Crippen molar-refractivity contribution in [1.29, 1.82) is 0 Å². The first kappa shape index (κ1) is 18.0. The molecule has 1 fully saturated rings. The molecular weight excluding hydrogens is 363 g/mol. The fourth-order valence-electron chi connectivity index (χ4n) is 2.91. The Morgan fingerprint density at radius 3 is 2.36 bits per heavy atom. The van der Waals surface area contributed by atoms with Gasteiger partial charge in [0.25, 0.3) is 10.0 Å². The summed E-state index contributed by atoms with van der Waals surface area (Å²) in [5.41, 5.74) is 1.45. The van der Waals surface area contributed by atoms with E-state index in [0.29, 0.717) is 5.69 Å². The van der Waals surface area contributed by atoms with Crippen molar-refractivity contribution in [3.63, 3.8) is 0 Å². The minimum atomic E-state index is -4.00. The van der Waals surface area contributed by atoms with E-state index in [4.69, 9.17) is 11.6 Å². The number of hydrogen-bond donors (Lipinski definition) is 1. The Morgan fingerprint density at radius 1 is 1.12 bits per heavy atom. The summed E-state index contributed by atoms with van der Waals surface area (Å²) in [6.45, 7) is 4.26. The Hall–Kier alpha value is -1.79. The molecule has 1 saturated heterocycles. The number of benzene rings is 2. The van der Waals surface area contributed by atoms with Crippen molar-refractivity contribution in [3.05, 3.63) is 53.3 Å². The Balaban J connectivity index is 1.74. The molecule has 0 bridgehead atoms. The predicted molar refractivity (Wildman–Crippen MR) is 99.3 cm³/mol. The number of piperidine rings is 1. The second-order valence-corrected chi connectivity index (χ2v) is 8.48. The molecule has 4 nitrogen and oxygen atoms in total. The van der Waals surface area contributed by atoms with Crippen molar-refractivity contribution in [2.75, 3.05) is 22.7 Å². The van der Waals surface area contributed by atoms with E-state index < -0.39 is 20.7 Å². The maximum atomic E-state index is 13.9. The average Bonchev–Trinajstić information content (AvgIpc) is 2.55. The van der Waals surface area contributed by atoms with Crippen LogP contribution in [0.2, 0.25) is 5.02 Å². The van der Waals surface area contributed by atoms with Gasteiger partial charge in [0, 0.05) is 29.5 Å². The maximum Gasteiger partial charge on any atom is 0.264 e. The molecule has 0 radical (unpaired) electrons. The van der Waals surface area contributed by atoms with Gasteiger partial charge in [-0.2, -0.15) is 0 Å². The average molecular weight is 383 g/mol. The highest BCUT2D eigenvalue weighted by atomic mass is 35.5. The number of rotatable bonds is 4. The van der Waals surface area contributed by atoms with Gasteiger partial charge < -0.3 is 4.90 Å². The zero-order valence-electron chi connectivity index (χ0n) is 13.9. The molecule has 134 valence electrons. The lowest BCUT2D eigenvalue weighted by molar-refractivity contribution is 0.438. The summed E-state index contributed by atoms with van der Waals surface area (Å²) in [6.07, 6.45) is 2.31. The van der Waals surface area contributed by atoms with Crippen LogP contribution in [-0.4, -0.2) is 21.5 Å². The topological polar surface area (TPSA) is 49.4 Å². The zero-order valence-corrected chi connectivity index (χ0v) is 15.4. The summed E-state index contributed by atoms with van der Waals surface area (Å²) in [7, 11) is -4.00. The van der Waals surface area contributed by atoms with E-state index in [2.05, 4.69) is 16.5 Å². The van der Waals surface area contributed by atoms with Gasteiger partial charge in [-0.1, -0.05) is 18.5 Å². The van der Waals surface area contributed by atoms with Crippen LogP contribution in [0, 0.1) is 11.7 Å². The summed E-state index contributed by atoms with van der Waals surface area (Å²) in [6, 6.07) is 10.6. The standard InChI is InChI=1S/C18H20ClFN2O2S/c1-13-8-10-22(11-9-13)16-5-3-15(4-6-16)21-25(23,24)18-7-2-14(19)12-17(18)20/h2-7,12-13,21H,8-11H2,1H3. The molecule has 0 amide bonds. The fraction of sp³-hybridized carbons (Fsp3) is 0.333. The van der Waals surface area contributed by atoms with Crippen LogP contribution in [0.25, 0.3) is 0 Å². The van der Waals surface area contributed by atoms with Crippen molar-refractivity contribution < 1.29 is 12.8 Å². The number of hydrogen-bond acceptors (Lipinski definition) is 3. The van der Waals surface area contributed by atoms with E-state index in [0.717, 1.165) is 49.7 Å². The van der Waals surface area contributed by atoms with Gasteiger partial charge in [-0.25, -0.2) is 12.8 Å². The van der Waals surface area contributed by atoms with Gasteiger partial charge in [-0.05, 0) is 61.2 Å². The molecule has 1 aliphatic heterocycles. The summed E-state index contributed by atoms with van der Waals surface area (Å²) >= 11 is 5.67. The Labute approximate surface area is 152 Å². The lowest BCUT2D eigenvalue weighted by Crippen LogP contribution is -2.32. The molecule has 0 atom stereocenters. The highest BCUT2D eigenvalue weighted by Gasteiger charge is 2.20. The number of nitrogens with zero attached hydrogens (tertiary/aromatic N) is 1. The number of sulfonamides is 1. The molecule has 0 aromatic heterocycles. The van der Waals surface area contributed by atoms with Gasteiger partial charge in [0.1, 0.15) is 10.7 Å². The Kier molecular flexibility index (Phi) is 5.20. The van der Waals surface area contributed by atoms with Gasteiger partial charge in [0.05, 0.1) is 0 Å². The first-order chi connectivity index (χ1) is 11.8. The highest BCUT2D eigenvalue weighted by molar-refractivity contribution is 7.92. The normalized spacial score (nSPS) is 16.0. The van der Waals surface area contributed by atoms with Crippen LogP contribution in [0.5, 0.6) is 0 Å². The second-order valence-electron chi connectivity index (χ2n) is 6.40. The number of nitrogens with one attached hydrogen (secondary N) is 1. The maximum absolute atomic E-state index is 13.9. The predicted octanol–water partition coefficient (Wildman–Crippen LogP) is 4.52. The van der Waals surface area contributed by atoms with Gasteiger partial charge in [-0.15, -0.1) is 0 Å². The molecule has 0 unspecified atom stereocenters. The smallest absolute Gasteiger partial charge is 0.264 e. The van der Waals surface area contributed by atoms with Gasteiger partial charge in [-0.3, -0.25) is 4.72 Å². The summed E-state index contributed by atoms with van der Waals surface area (Å²) < 4.78 is 41.0. The van der Waals surface area contributed by atoms with Crippen molar-refractivity contribution in [3.8, 4) is 0 Å². The molecule has 0 aliphatic carbocycles. The molecule has 3 rings (SSSR count). The number of anilines is 2. The molecule has 2 aromatic rings. The lowest BCUT2D eigenvalue weighted by atomic mass is 9.99. The molecule has 1 N–H and O–H groups in total. The number of halogens is 2. The van der Waals surface area contributed by atoms with Crippen molar-refractivity contribution in [2.45, 2.75) is 24.7 Å². The van der Waals surface area contributed by atoms with E-state index in [-0.39, 0.29) is 5.02 Å². The molecule has 25 heavy (non-hydrogen) atoms. The van der Waals surface area contributed by atoms with Gasteiger partial charge in [0.2, 0.25) is 0 Å². The first-order valence-electron chi connectivity index (χ1n) is 8.18. The second kappa shape index (κ2) is 7.22. The highest BCUT2D eigenvalue weighted by Crippen LogP contribution is 2.26. The SMILES string of the molecule is CC1CCN(c2ccc(NS(=O)(=O)c3ccc(Cl)cc3F)cc2)CC1. The molecular formula is C18H20ClFN2O2S. The monoisotopic (exact) mass is 382 g/mol. The van der Waals surface area contributed by atoms with Gasteiger partial charge >= 0.3 is 0 Å². The molecule has 0 spiro atoms. The first-order valence-corrected chi connectivity index (χ1v) is 10.0. The summed E-state index contributed by atoms with van der Waals surface area (Å²) in [5, 5.41) is 0.150. The minimum absolute atomic E-state index is 0.150. The van der Waals surface area contributed by atoms with Crippen LogP contribution in [0.1, 0.15) is 19.8 Å². The quantitative estimate of drug-likeness (QED) is 0.845. The largest absolute Gasteiger partial charge is 0.372 e. The molecule has 0 saturated carbocycles. The molecule has 2 aromatic carbocycles. The Morgan fingerprint density at radius 2 is 1.76 bits per heavy atom. The van der Waals surface area contributed by atoms with Crippen LogP contribution in [0.15, 0.2) is 47.4 Å². The third-order valence-electron chi connectivity index (χ3n) is 4.45.